The van der Waals surface area contributed by atoms with Crippen molar-refractivity contribution in [3.05, 3.63) is 94.5 Å². The van der Waals surface area contributed by atoms with Gasteiger partial charge in [0.05, 0.1) is 11.8 Å². The van der Waals surface area contributed by atoms with Crippen molar-refractivity contribution in [1.82, 2.24) is 5.43 Å². The summed E-state index contributed by atoms with van der Waals surface area (Å²) in [5.41, 5.74) is 4.25. The van der Waals surface area contributed by atoms with Crippen LogP contribution in [0.2, 0.25) is 5.02 Å². The summed E-state index contributed by atoms with van der Waals surface area (Å²) in [6, 6.07) is 21.0. The zero-order chi connectivity index (χ0) is 19.1. The van der Waals surface area contributed by atoms with Crippen molar-refractivity contribution in [3.63, 3.8) is 0 Å². The van der Waals surface area contributed by atoms with Crippen molar-refractivity contribution < 1.29 is 14.6 Å². The zero-order valence-electron chi connectivity index (χ0n) is 14.3. The van der Waals surface area contributed by atoms with Gasteiger partial charge in [0.1, 0.15) is 18.1 Å². The lowest BCUT2D eigenvalue weighted by Crippen LogP contribution is -2.17. The molecule has 0 radical (unpaired) electrons. The first-order chi connectivity index (χ1) is 13.1. The lowest BCUT2D eigenvalue weighted by Gasteiger charge is -2.09. The summed E-state index contributed by atoms with van der Waals surface area (Å²) in [5.74, 6) is 0.0359. The van der Waals surface area contributed by atoms with Crippen molar-refractivity contribution in [2.45, 2.75) is 6.61 Å². The standard InChI is InChI=1S/C21H17ClN2O3/c22-17-11-9-15(10-12-17)14-27-20-8-4-1-5-16(20)13-23-24-21(26)18-6-2-3-7-19(18)25/h1-13,25H,14H2,(H,24,26)/b23-13+. The first kappa shape index (κ1) is 18.5. The van der Waals surface area contributed by atoms with Gasteiger partial charge in [-0.1, -0.05) is 48.0 Å². The minimum Gasteiger partial charge on any atom is -0.507 e. The number of carbonyl (C=O) groups excluding carboxylic acids is 1. The summed E-state index contributed by atoms with van der Waals surface area (Å²) >= 11 is 5.88. The highest BCUT2D eigenvalue weighted by molar-refractivity contribution is 6.30. The summed E-state index contributed by atoms with van der Waals surface area (Å²) in [6.07, 6.45) is 1.50. The summed E-state index contributed by atoms with van der Waals surface area (Å²) in [5, 5.41) is 14.3. The quantitative estimate of drug-likeness (QED) is 0.492. The second-order valence-electron chi connectivity index (χ2n) is 5.67. The second kappa shape index (κ2) is 8.87. The Balaban J connectivity index is 1.65. The van der Waals surface area contributed by atoms with Gasteiger partial charge in [0.25, 0.3) is 5.91 Å². The molecule has 27 heavy (non-hydrogen) atoms. The number of ether oxygens (including phenoxy) is 1. The number of hydrogen-bond donors (Lipinski definition) is 2. The number of amides is 1. The maximum atomic E-state index is 12.1. The average molecular weight is 381 g/mol. The van der Waals surface area contributed by atoms with Crippen LogP contribution in [-0.4, -0.2) is 17.2 Å². The number of carbonyl (C=O) groups is 1. The van der Waals surface area contributed by atoms with Gasteiger partial charge >= 0.3 is 0 Å². The van der Waals surface area contributed by atoms with E-state index in [-0.39, 0.29) is 11.3 Å². The molecule has 5 nitrogen and oxygen atoms in total. The van der Waals surface area contributed by atoms with Crippen LogP contribution in [0.3, 0.4) is 0 Å². The predicted octanol–water partition coefficient (Wildman–Crippen LogP) is 4.39. The van der Waals surface area contributed by atoms with Crippen LogP contribution >= 0.6 is 11.6 Å². The van der Waals surface area contributed by atoms with Crippen LogP contribution in [-0.2, 0) is 6.61 Å². The van der Waals surface area contributed by atoms with Crippen LogP contribution < -0.4 is 10.2 Å². The fourth-order valence-corrected chi connectivity index (χ4v) is 2.47. The molecule has 6 heteroatoms. The molecule has 0 atom stereocenters. The number of aromatic hydroxyl groups is 1. The number of benzene rings is 3. The highest BCUT2D eigenvalue weighted by Crippen LogP contribution is 2.19. The van der Waals surface area contributed by atoms with Gasteiger partial charge < -0.3 is 9.84 Å². The number of nitrogens with zero attached hydrogens (tertiary/aromatic N) is 1. The van der Waals surface area contributed by atoms with E-state index in [2.05, 4.69) is 10.5 Å². The summed E-state index contributed by atoms with van der Waals surface area (Å²) < 4.78 is 5.84. The number of para-hydroxylation sites is 2. The first-order valence-corrected chi connectivity index (χ1v) is 8.59. The zero-order valence-corrected chi connectivity index (χ0v) is 15.1. The normalized spacial score (nSPS) is 10.7. The number of nitrogens with one attached hydrogen (secondary N) is 1. The van der Waals surface area contributed by atoms with Crippen LogP contribution in [0.15, 0.2) is 77.9 Å². The van der Waals surface area contributed by atoms with Gasteiger partial charge in [-0.15, -0.1) is 0 Å². The van der Waals surface area contributed by atoms with E-state index in [4.69, 9.17) is 16.3 Å². The minimum absolute atomic E-state index is 0.100. The van der Waals surface area contributed by atoms with E-state index < -0.39 is 5.91 Å². The highest BCUT2D eigenvalue weighted by atomic mass is 35.5. The molecule has 0 aromatic heterocycles. The van der Waals surface area contributed by atoms with Crippen molar-refractivity contribution in [3.8, 4) is 11.5 Å². The topological polar surface area (TPSA) is 70.9 Å². The largest absolute Gasteiger partial charge is 0.507 e. The Bertz CT molecular complexity index is 956. The molecule has 0 spiro atoms. The van der Waals surface area contributed by atoms with Crippen LogP contribution in [0.25, 0.3) is 0 Å². The third-order valence-electron chi connectivity index (χ3n) is 3.75. The van der Waals surface area contributed by atoms with E-state index in [0.29, 0.717) is 22.9 Å². The SMILES string of the molecule is O=C(N/N=C/c1ccccc1OCc1ccc(Cl)cc1)c1ccccc1O. The van der Waals surface area contributed by atoms with Crippen LogP contribution in [0, 0.1) is 0 Å². The Hall–Kier alpha value is -3.31. The average Bonchev–Trinajstić information content (AvgIpc) is 2.68. The number of hydrogen-bond acceptors (Lipinski definition) is 4. The fourth-order valence-electron chi connectivity index (χ4n) is 2.35. The van der Waals surface area contributed by atoms with E-state index in [1.807, 2.05) is 48.5 Å². The molecule has 3 aromatic rings. The van der Waals surface area contributed by atoms with E-state index >= 15 is 0 Å². The van der Waals surface area contributed by atoms with E-state index in [1.165, 1.54) is 18.3 Å². The van der Waals surface area contributed by atoms with Gasteiger partial charge in [0.2, 0.25) is 0 Å². The van der Waals surface area contributed by atoms with Crippen LogP contribution in [0.1, 0.15) is 21.5 Å². The molecular formula is C21H17ClN2O3. The highest BCUT2D eigenvalue weighted by Gasteiger charge is 2.09. The second-order valence-corrected chi connectivity index (χ2v) is 6.11. The molecule has 0 aliphatic heterocycles. The number of phenols is 1. The maximum absolute atomic E-state index is 12.1. The third-order valence-corrected chi connectivity index (χ3v) is 4.00. The molecule has 0 aliphatic carbocycles. The van der Waals surface area contributed by atoms with E-state index in [1.54, 1.807) is 12.1 Å². The molecule has 3 aromatic carbocycles. The molecule has 0 saturated carbocycles. The monoisotopic (exact) mass is 380 g/mol. The number of phenolic OH excluding ortho intramolecular Hbond substituents is 1. The molecule has 0 saturated heterocycles. The maximum Gasteiger partial charge on any atom is 0.275 e. The predicted molar refractivity (Wildman–Crippen MR) is 105 cm³/mol. The molecule has 3 rings (SSSR count). The first-order valence-electron chi connectivity index (χ1n) is 8.21. The lowest BCUT2D eigenvalue weighted by atomic mass is 10.2. The van der Waals surface area contributed by atoms with Crippen molar-refractivity contribution in [2.75, 3.05) is 0 Å². The fraction of sp³-hybridized carbons (Fsp3) is 0.0476. The Morgan fingerprint density at radius 3 is 2.52 bits per heavy atom. The molecule has 2 N–H and O–H groups in total. The van der Waals surface area contributed by atoms with Crippen molar-refractivity contribution in [1.29, 1.82) is 0 Å². The molecule has 0 unspecified atom stereocenters. The Kier molecular flexibility index (Phi) is 6.07. The van der Waals surface area contributed by atoms with Gasteiger partial charge in [-0.05, 0) is 42.0 Å². The molecule has 0 heterocycles. The van der Waals surface area contributed by atoms with Crippen molar-refractivity contribution >= 4 is 23.7 Å². The van der Waals surface area contributed by atoms with Gasteiger partial charge in [0.15, 0.2) is 0 Å². The molecule has 1 amide bonds. The summed E-state index contributed by atoms with van der Waals surface area (Å²) in [6.45, 7) is 0.381. The number of hydrazone groups is 1. The minimum atomic E-state index is -0.496. The molecular weight excluding hydrogens is 364 g/mol. The molecule has 0 bridgehead atoms. The lowest BCUT2D eigenvalue weighted by molar-refractivity contribution is 0.0952. The van der Waals surface area contributed by atoms with Crippen molar-refractivity contribution in [2.24, 2.45) is 5.10 Å². The van der Waals surface area contributed by atoms with Gasteiger partial charge in [-0.25, -0.2) is 5.43 Å². The van der Waals surface area contributed by atoms with Gasteiger partial charge in [-0.2, -0.15) is 5.10 Å². The third kappa shape index (κ3) is 5.09. The Labute approximate surface area is 161 Å². The number of rotatable bonds is 6. The van der Waals surface area contributed by atoms with Crippen LogP contribution in [0.5, 0.6) is 11.5 Å². The summed E-state index contributed by atoms with van der Waals surface area (Å²) in [4.78, 5) is 12.1. The Morgan fingerprint density at radius 1 is 1.04 bits per heavy atom. The van der Waals surface area contributed by atoms with Gasteiger partial charge in [-0.3, -0.25) is 4.79 Å². The van der Waals surface area contributed by atoms with E-state index in [0.717, 1.165) is 5.56 Å². The molecule has 0 fully saturated rings. The molecule has 0 aliphatic rings. The van der Waals surface area contributed by atoms with Crippen LogP contribution in [0.4, 0.5) is 0 Å². The Morgan fingerprint density at radius 2 is 1.74 bits per heavy atom. The molecule has 136 valence electrons. The smallest absolute Gasteiger partial charge is 0.275 e. The summed E-state index contributed by atoms with van der Waals surface area (Å²) in [7, 11) is 0. The number of halogens is 1. The van der Waals surface area contributed by atoms with E-state index in [9.17, 15) is 9.90 Å². The van der Waals surface area contributed by atoms with Gasteiger partial charge in [0, 0.05) is 10.6 Å².